The van der Waals surface area contributed by atoms with Crippen molar-refractivity contribution in [2.75, 3.05) is 13.2 Å². The van der Waals surface area contributed by atoms with Gasteiger partial charge in [-0.2, -0.15) is 0 Å². The quantitative estimate of drug-likeness (QED) is 0.799. The number of rotatable bonds is 5. The normalized spacial score (nSPS) is 20.4. The predicted octanol–water partition coefficient (Wildman–Crippen LogP) is 1.45. The van der Waals surface area contributed by atoms with Crippen molar-refractivity contribution in [3.8, 4) is 0 Å². The molecule has 19 heavy (non-hydrogen) atoms. The van der Waals surface area contributed by atoms with Gasteiger partial charge in [-0.1, -0.05) is 18.6 Å². The fraction of sp³-hybridized carbons (Fsp3) is 0.571. The molecule has 0 spiro atoms. The summed E-state index contributed by atoms with van der Waals surface area (Å²) in [5, 5.41) is 9.15. The first-order valence-corrected chi connectivity index (χ1v) is 7.21. The smallest absolute Gasteiger partial charge is 0.122 e. The first-order chi connectivity index (χ1) is 9.20. The molecule has 0 aromatic carbocycles. The van der Waals surface area contributed by atoms with Crippen molar-refractivity contribution < 1.29 is 5.11 Å². The van der Waals surface area contributed by atoms with E-state index in [2.05, 4.69) is 9.88 Å². The van der Waals surface area contributed by atoms with Crippen LogP contribution in [-0.4, -0.2) is 39.2 Å². The Labute approximate surface area is 119 Å². The number of hydrogen-bond donors (Lipinski definition) is 2. The fourth-order valence-electron chi connectivity index (χ4n) is 2.69. The molecule has 0 amide bonds. The maximum atomic E-state index is 9.15. The lowest BCUT2D eigenvalue weighted by Gasteiger charge is -2.35. The van der Waals surface area contributed by atoms with Gasteiger partial charge in [-0.15, -0.1) is 0 Å². The molecule has 1 aliphatic rings. The van der Waals surface area contributed by atoms with Crippen LogP contribution in [0.1, 0.15) is 36.9 Å². The molecule has 104 valence electrons. The summed E-state index contributed by atoms with van der Waals surface area (Å²) >= 11 is 4.96. The van der Waals surface area contributed by atoms with Crippen molar-refractivity contribution in [2.45, 2.75) is 38.3 Å². The zero-order chi connectivity index (χ0) is 13.7. The van der Waals surface area contributed by atoms with Gasteiger partial charge in [0.15, 0.2) is 0 Å². The molecule has 2 heterocycles. The summed E-state index contributed by atoms with van der Waals surface area (Å²) in [5.41, 5.74) is 7.48. The Hall–Kier alpha value is -1.04. The zero-order valence-corrected chi connectivity index (χ0v) is 11.9. The Morgan fingerprint density at radius 2 is 2.37 bits per heavy atom. The van der Waals surface area contributed by atoms with Gasteiger partial charge in [-0.3, -0.25) is 9.88 Å². The van der Waals surface area contributed by atoms with Gasteiger partial charge in [0, 0.05) is 25.4 Å². The molecular formula is C14H21N3OS. The highest BCUT2D eigenvalue weighted by Gasteiger charge is 2.21. The highest BCUT2D eigenvalue weighted by atomic mass is 32.1. The van der Waals surface area contributed by atoms with Crippen LogP contribution in [0.15, 0.2) is 18.3 Å². The lowest BCUT2D eigenvalue weighted by Crippen LogP contribution is -2.39. The largest absolute Gasteiger partial charge is 0.396 e. The molecule has 1 fully saturated rings. The van der Waals surface area contributed by atoms with Gasteiger partial charge in [-0.25, -0.2) is 0 Å². The zero-order valence-electron chi connectivity index (χ0n) is 11.1. The summed E-state index contributed by atoms with van der Waals surface area (Å²) in [4.78, 5) is 6.95. The maximum absolute atomic E-state index is 9.15. The van der Waals surface area contributed by atoms with Gasteiger partial charge >= 0.3 is 0 Å². The topological polar surface area (TPSA) is 62.4 Å². The molecule has 2 rings (SSSR count). The number of pyridine rings is 1. The molecule has 1 aliphatic heterocycles. The minimum absolute atomic E-state index is 0.260. The van der Waals surface area contributed by atoms with Crippen LogP contribution in [0.5, 0.6) is 0 Å². The number of piperidine rings is 1. The predicted molar refractivity (Wildman–Crippen MR) is 79.9 cm³/mol. The monoisotopic (exact) mass is 279 g/mol. The van der Waals surface area contributed by atoms with E-state index in [0.29, 0.717) is 16.7 Å². The molecule has 0 radical (unpaired) electrons. The molecule has 1 unspecified atom stereocenters. The van der Waals surface area contributed by atoms with E-state index in [1.54, 1.807) is 6.20 Å². The average Bonchev–Trinajstić information content (AvgIpc) is 2.41. The van der Waals surface area contributed by atoms with Crippen LogP contribution < -0.4 is 5.73 Å². The number of aliphatic hydroxyl groups is 1. The Morgan fingerprint density at radius 1 is 1.53 bits per heavy atom. The number of nitrogens with zero attached hydrogens (tertiary/aromatic N) is 2. The SMILES string of the molecule is NC(=S)c1cc(CN2CCCCC2CCO)ccn1. The maximum Gasteiger partial charge on any atom is 0.122 e. The minimum atomic E-state index is 0.260. The Morgan fingerprint density at radius 3 is 3.11 bits per heavy atom. The second kappa shape index (κ2) is 6.93. The molecule has 1 saturated heterocycles. The van der Waals surface area contributed by atoms with E-state index in [-0.39, 0.29) is 6.61 Å². The van der Waals surface area contributed by atoms with Gasteiger partial charge in [0.05, 0.1) is 5.69 Å². The van der Waals surface area contributed by atoms with Crippen molar-refractivity contribution in [3.63, 3.8) is 0 Å². The number of nitrogens with two attached hydrogens (primary N) is 1. The summed E-state index contributed by atoms with van der Waals surface area (Å²) in [6.45, 7) is 2.23. The van der Waals surface area contributed by atoms with Crippen LogP contribution in [-0.2, 0) is 6.54 Å². The highest BCUT2D eigenvalue weighted by molar-refractivity contribution is 7.80. The van der Waals surface area contributed by atoms with Crippen LogP contribution in [0.2, 0.25) is 0 Å². The molecule has 4 nitrogen and oxygen atoms in total. The van der Waals surface area contributed by atoms with Gasteiger partial charge in [-0.05, 0) is 43.5 Å². The summed E-state index contributed by atoms with van der Waals surface area (Å²) in [5.74, 6) is 0. The van der Waals surface area contributed by atoms with Crippen LogP contribution in [0.3, 0.4) is 0 Å². The molecular weight excluding hydrogens is 258 g/mol. The third-order valence-electron chi connectivity index (χ3n) is 3.67. The number of aromatic nitrogens is 1. The first-order valence-electron chi connectivity index (χ1n) is 6.80. The van der Waals surface area contributed by atoms with Gasteiger partial charge < -0.3 is 10.8 Å². The van der Waals surface area contributed by atoms with E-state index in [1.807, 2.05) is 12.1 Å². The summed E-state index contributed by atoms with van der Waals surface area (Å²) in [6, 6.07) is 4.46. The Kier molecular flexibility index (Phi) is 5.24. The second-order valence-corrected chi connectivity index (χ2v) is 5.49. The standard InChI is InChI=1S/C14H21N3OS/c15-14(19)13-9-11(4-6-16-13)10-17-7-2-1-3-12(17)5-8-18/h4,6,9,12,18H,1-3,5,7-8,10H2,(H2,15,19). The first kappa shape index (κ1) is 14.4. The van der Waals surface area contributed by atoms with Crippen molar-refractivity contribution in [2.24, 2.45) is 5.73 Å². The lowest BCUT2D eigenvalue weighted by molar-refractivity contribution is 0.112. The number of thiocarbonyl (C=S) groups is 1. The van der Waals surface area contributed by atoms with Crippen molar-refractivity contribution in [1.29, 1.82) is 0 Å². The minimum Gasteiger partial charge on any atom is -0.396 e. The molecule has 1 aromatic rings. The van der Waals surface area contributed by atoms with E-state index in [4.69, 9.17) is 23.1 Å². The molecule has 1 atom stereocenters. The second-order valence-electron chi connectivity index (χ2n) is 5.05. The molecule has 1 aromatic heterocycles. The highest BCUT2D eigenvalue weighted by Crippen LogP contribution is 2.21. The number of aliphatic hydroxyl groups excluding tert-OH is 1. The van der Waals surface area contributed by atoms with E-state index in [9.17, 15) is 0 Å². The number of hydrogen-bond acceptors (Lipinski definition) is 4. The van der Waals surface area contributed by atoms with Crippen molar-refractivity contribution in [1.82, 2.24) is 9.88 Å². The summed E-state index contributed by atoms with van der Waals surface area (Å²) in [6.07, 6.45) is 6.28. The van der Waals surface area contributed by atoms with E-state index in [0.717, 1.165) is 19.5 Å². The molecule has 0 saturated carbocycles. The van der Waals surface area contributed by atoms with Crippen LogP contribution >= 0.6 is 12.2 Å². The molecule has 3 N–H and O–H groups in total. The Bertz CT molecular complexity index is 436. The number of likely N-dealkylation sites (tertiary alicyclic amines) is 1. The molecule has 0 bridgehead atoms. The van der Waals surface area contributed by atoms with Gasteiger partial charge in [0.2, 0.25) is 0 Å². The Balaban J connectivity index is 2.06. The van der Waals surface area contributed by atoms with Crippen molar-refractivity contribution >= 4 is 17.2 Å². The lowest BCUT2D eigenvalue weighted by atomic mass is 9.99. The van der Waals surface area contributed by atoms with Crippen LogP contribution in [0, 0.1) is 0 Å². The summed E-state index contributed by atoms with van der Waals surface area (Å²) < 4.78 is 0. The van der Waals surface area contributed by atoms with E-state index in [1.165, 1.54) is 24.8 Å². The van der Waals surface area contributed by atoms with Gasteiger partial charge in [0.25, 0.3) is 0 Å². The summed E-state index contributed by atoms with van der Waals surface area (Å²) in [7, 11) is 0. The molecule has 5 heteroatoms. The fourth-order valence-corrected chi connectivity index (χ4v) is 2.80. The van der Waals surface area contributed by atoms with Gasteiger partial charge in [0.1, 0.15) is 4.99 Å². The van der Waals surface area contributed by atoms with Crippen LogP contribution in [0.25, 0.3) is 0 Å². The van der Waals surface area contributed by atoms with E-state index < -0.39 is 0 Å². The van der Waals surface area contributed by atoms with Crippen molar-refractivity contribution in [3.05, 3.63) is 29.6 Å². The molecule has 0 aliphatic carbocycles. The third-order valence-corrected chi connectivity index (χ3v) is 3.88. The van der Waals surface area contributed by atoms with Crippen LogP contribution in [0.4, 0.5) is 0 Å². The van der Waals surface area contributed by atoms with E-state index >= 15 is 0 Å². The average molecular weight is 279 g/mol. The third kappa shape index (κ3) is 3.96.